The molecule has 0 spiro atoms. The van der Waals surface area contributed by atoms with Crippen LogP contribution in [0.15, 0.2) is 23.3 Å². The molecule has 0 amide bonds. The SMILES string of the molecule is CN=C(NCc1ccc(OCC(F)(F)F)nc1)NC1CN(C(C)C)CC1C. The zero-order chi connectivity index (χ0) is 20.0. The summed E-state index contributed by atoms with van der Waals surface area (Å²) in [6, 6.07) is 3.93. The van der Waals surface area contributed by atoms with Crippen molar-refractivity contribution in [1.29, 1.82) is 0 Å². The van der Waals surface area contributed by atoms with Gasteiger partial charge in [-0.3, -0.25) is 9.89 Å². The Balaban J connectivity index is 1.82. The Morgan fingerprint density at radius 3 is 2.63 bits per heavy atom. The van der Waals surface area contributed by atoms with Crippen LogP contribution in [0.5, 0.6) is 5.88 Å². The van der Waals surface area contributed by atoms with Crippen molar-refractivity contribution in [2.45, 2.75) is 45.6 Å². The van der Waals surface area contributed by atoms with Crippen LogP contribution in [0.25, 0.3) is 0 Å². The number of hydrogen-bond donors (Lipinski definition) is 2. The van der Waals surface area contributed by atoms with Gasteiger partial charge in [-0.15, -0.1) is 0 Å². The van der Waals surface area contributed by atoms with Crippen LogP contribution < -0.4 is 15.4 Å². The average Bonchev–Trinajstić information content (AvgIpc) is 2.98. The summed E-state index contributed by atoms with van der Waals surface area (Å²) < 4.78 is 41.0. The zero-order valence-corrected chi connectivity index (χ0v) is 16.2. The normalized spacial score (nSPS) is 21.6. The number of nitrogens with one attached hydrogen (secondary N) is 2. The first-order chi connectivity index (χ1) is 12.7. The minimum absolute atomic E-state index is 0.0489. The van der Waals surface area contributed by atoms with Gasteiger partial charge in [-0.1, -0.05) is 13.0 Å². The van der Waals surface area contributed by atoms with Crippen LogP contribution in [0.4, 0.5) is 13.2 Å². The van der Waals surface area contributed by atoms with Crippen molar-refractivity contribution in [2.24, 2.45) is 10.9 Å². The summed E-state index contributed by atoms with van der Waals surface area (Å²) in [4.78, 5) is 10.6. The van der Waals surface area contributed by atoms with Crippen molar-refractivity contribution in [3.05, 3.63) is 23.9 Å². The maximum absolute atomic E-state index is 12.1. The highest BCUT2D eigenvalue weighted by atomic mass is 19.4. The summed E-state index contributed by atoms with van der Waals surface area (Å²) in [7, 11) is 1.71. The van der Waals surface area contributed by atoms with Crippen molar-refractivity contribution in [2.75, 3.05) is 26.7 Å². The molecule has 1 aliphatic rings. The summed E-state index contributed by atoms with van der Waals surface area (Å²) in [6.07, 6.45) is -2.88. The van der Waals surface area contributed by atoms with E-state index >= 15 is 0 Å². The summed E-state index contributed by atoms with van der Waals surface area (Å²) >= 11 is 0. The molecule has 0 aromatic carbocycles. The number of alkyl halides is 3. The fourth-order valence-corrected chi connectivity index (χ4v) is 2.93. The molecule has 0 saturated carbocycles. The lowest BCUT2D eigenvalue weighted by atomic mass is 10.1. The smallest absolute Gasteiger partial charge is 0.422 e. The highest BCUT2D eigenvalue weighted by molar-refractivity contribution is 5.80. The van der Waals surface area contributed by atoms with Gasteiger partial charge in [0.05, 0.1) is 0 Å². The van der Waals surface area contributed by atoms with Gasteiger partial charge < -0.3 is 15.4 Å². The van der Waals surface area contributed by atoms with Crippen LogP contribution in [0.2, 0.25) is 0 Å². The minimum Gasteiger partial charge on any atom is -0.468 e. The third-order valence-electron chi connectivity index (χ3n) is 4.56. The van der Waals surface area contributed by atoms with Crippen LogP contribution in [0.1, 0.15) is 26.3 Å². The Kier molecular flexibility index (Phi) is 7.29. The number of aliphatic imine (C=N–C) groups is 1. The standard InChI is InChI=1S/C18H28F3N5O/c1-12(2)26-9-13(3)15(10-26)25-17(22-4)24-8-14-5-6-16(23-7-14)27-11-18(19,20)21/h5-7,12-13,15H,8-11H2,1-4H3,(H2,22,24,25). The lowest BCUT2D eigenvalue weighted by Gasteiger charge is -2.22. The molecule has 2 heterocycles. The quantitative estimate of drug-likeness (QED) is 0.580. The molecule has 2 rings (SSSR count). The van der Waals surface area contributed by atoms with Gasteiger partial charge in [0.2, 0.25) is 5.88 Å². The predicted molar refractivity (Wildman–Crippen MR) is 98.8 cm³/mol. The first-order valence-electron chi connectivity index (χ1n) is 9.03. The number of ether oxygens (including phenoxy) is 1. The Morgan fingerprint density at radius 1 is 1.37 bits per heavy atom. The van der Waals surface area contributed by atoms with Crippen molar-refractivity contribution in [3.8, 4) is 5.88 Å². The number of likely N-dealkylation sites (tertiary alicyclic amines) is 1. The third kappa shape index (κ3) is 6.89. The fourth-order valence-electron chi connectivity index (χ4n) is 2.93. The van der Waals surface area contributed by atoms with Gasteiger partial charge in [-0.05, 0) is 25.3 Å². The van der Waals surface area contributed by atoms with Crippen molar-refractivity contribution in [3.63, 3.8) is 0 Å². The third-order valence-corrected chi connectivity index (χ3v) is 4.56. The van der Waals surface area contributed by atoms with E-state index in [1.54, 1.807) is 13.1 Å². The predicted octanol–water partition coefficient (Wildman–Crippen LogP) is 2.42. The highest BCUT2D eigenvalue weighted by Crippen LogP contribution is 2.19. The number of aromatic nitrogens is 1. The van der Waals surface area contributed by atoms with Gasteiger partial charge in [0.15, 0.2) is 12.6 Å². The Bertz CT molecular complexity index is 618. The Hall–Kier alpha value is -2.03. The summed E-state index contributed by atoms with van der Waals surface area (Å²) in [6.45, 7) is 7.73. The molecular weight excluding hydrogens is 359 g/mol. The van der Waals surface area contributed by atoms with Gasteiger partial charge >= 0.3 is 6.18 Å². The molecule has 1 aromatic rings. The summed E-state index contributed by atoms with van der Waals surface area (Å²) in [5, 5.41) is 6.66. The molecule has 0 bridgehead atoms. The number of hydrogen-bond acceptors (Lipinski definition) is 4. The largest absolute Gasteiger partial charge is 0.468 e. The van der Waals surface area contributed by atoms with Crippen LogP contribution >= 0.6 is 0 Å². The van der Waals surface area contributed by atoms with E-state index in [0.29, 0.717) is 30.5 Å². The maximum Gasteiger partial charge on any atom is 0.422 e. The lowest BCUT2D eigenvalue weighted by molar-refractivity contribution is -0.154. The molecule has 9 heteroatoms. The molecule has 1 fully saturated rings. The number of rotatable bonds is 6. The van der Waals surface area contributed by atoms with Gasteiger partial charge in [0, 0.05) is 51.0 Å². The van der Waals surface area contributed by atoms with Crippen molar-refractivity contribution in [1.82, 2.24) is 20.5 Å². The van der Waals surface area contributed by atoms with E-state index < -0.39 is 12.8 Å². The number of halogens is 3. The molecular formula is C18H28F3N5O. The molecule has 1 aliphatic heterocycles. The van der Waals surface area contributed by atoms with Crippen LogP contribution in [0, 0.1) is 5.92 Å². The second-order valence-electron chi connectivity index (χ2n) is 7.11. The van der Waals surface area contributed by atoms with Gasteiger partial charge in [-0.25, -0.2) is 4.98 Å². The van der Waals surface area contributed by atoms with E-state index in [2.05, 4.69) is 51.0 Å². The molecule has 1 aromatic heterocycles. The van der Waals surface area contributed by atoms with E-state index in [1.165, 1.54) is 12.3 Å². The molecule has 1 saturated heterocycles. The van der Waals surface area contributed by atoms with Crippen molar-refractivity contribution >= 4 is 5.96 Å². The Morgan fingerprint density at radius 2 is 2.11 bits per heavy atom. The second kappa shape index (κ2) is 9.25. The van der Waals surface area contributed by atoms with E-state index in [1.807, 2.05) is 0 Å². The van der Waals surface area contributed by atoms with Gasteiger partial charge in [-0.2, -0.15) is 13.2 Å². The van der Waals surface area contributed by atoms with Crippen LogP contribution in [0.3, 0.4) is 0 Å². The van der Waals surface area contributed by atoms with Crippen LogP contribution in [-0.2, 0) is 6.54 Å². The van der Waals surface area contributed by atoms with Crippen molar-refractivity contribution < 1.29 is 17.9 Å². The number of guanidine groups is 1. The summed E-state index contributed by atoms with van der Waals surface area (Å²) in [5.74, 6) is 1.15. The molecule has 2 N–H and O–H groups in total. The zero-order valence-electron chi connectivity index (χ0n) is 16.2. The lowest BCUT2D eigenvalue weighted by Crippen LogP contribution is -2.46. The van der Waals surface area contributed by atoms with Gasteiger partial charge in [0.25, 0.3) is 0 Å². The van der Waals surface area contributed by atoms with Gasteiger partial charge in [0.1, 0.15) is 0 Å². The minimum atomic E-state index is -4.37. The highest BCUT2D eigenvalue weighted by Gasteiger charge is 2.31. The molecule has 6 nitrogen and oxygen atoms in total. The summed E-state index contributed by atoms with van der Waals surface area (Å²) in [5.41, 5.74) is 0.820. The number of pyridine rings is 1. The van der Waals surface area contributed by atoms with E-state index in [-0.39, 0.29) is 5.88 Å². The molecule has 0 radical (unpaired) electrons. The topological polar surface area (TPSA) is 61.8 Å². The molecule has 2 unspecified atom stereocenters. The molecule has 2 atom stereocenters. The molecule has 0 aliphatic carbocycles. The fraction of sp³-hybridized carbons (Fsp3) is 0.667. The molecule has 152 valence electrons. The Labute approximate surface area is 158 Å². The average molecular weight is 387 g/mol. The first kappa shape index (κ1) is 21.3. The van der Waals surface area contributed by atoms with E-state index in [0.717, 1.165) is 18.7 Å². The monoisotopic (exact) mass is 387 g/mol. The maximum atomic E-state index is 12.1. The second-order valence-corrected chi connectivity index (χ2v) is 7.11. The van der Waals surface area contributed by atoms with E-state index in [4.69, 9.17) is 0 Å². The van der Waals surface area contributed by atoms with E-state index in [9.17, 15) is 13.2 Å². The molecule has 27 heavy (non-hydrogen) atoms. The first-order valence-corrected chi connectivity index (χ1v) is 9.03. The van der Waals surface area contributed by atoms with Crippen LogP contribution in [-0.4, -0.2) is 60.8 Å². The number of nitrogens with zero attached hydrogens (tertiary/aromatic N) is 3.